The predicted octanol–water partition coefficient (Wildman–Crippen LogP) is 3.08. The average molecular weight is 409 g/mol. The van der Waals surface area contributed by atoms with Crippen molar-refractivity contribution in [1.82, 2.24) is 5.06 Å². The third-order valence-corrected chi connectivity index (χ3v) is 5.60. The van der Waals surface area contributed by atoms with E-state index in [9.17, 15) is 30.4 Å². The average Bonchev–Trinajstić information content (AvgIpc) is 3.05. The summed E-state index contributed by atoms with van der Waals surface area (Å²) in [6, 6.07) is 7.23. The molecule has 2 aromatic rings. The summed E-state index contributed by atoms with van der Waals surface area (Å²) in [5, 5.41) is -0.265. The van der Waals surface area contributed by atoms with E-state index in [4.69, 9.17) is 4.84 Å². The van der Waals surface area contributed by atoms with Gasteiger partial charge in [0.05, 0.1) is 12.6 Å². The summed E-state index contributed by atoms with van der Waals surface area (Å²) in [6.45, 7) is -0.437. The Bertz CT molecular complexity index is 942. The van der Waals surface area contributed by atoms with Gasteiger partial charge in [0.2, 0.25) is 34.8 Å². The lowest BCUT2D eigenvalue weighted by Crippen LogP contribution is -2.34. The van der Waals surface area contributed by atoms with Crippen molar-refractivity contribution in [3.8, 4) is 5.75 Å². The molecule has 146 valence electrons. The molecule has 0 N–H and O–H groups in total. The zero-order valence-electron chi connectivity index (χ0n) is 13.6. The fourth-order valence-corrected chi connectivity index (χ4v) is 4.12. The standard InChI is InChI=1S/C16H12F5NO4S/c1-22-15(8-5-3-2-4-6-8)9(7-25-22)27(23,24)26-16-13(20)11(18)10(17)12(19)14(16)21/h2-6,9,15H,7H2,1H3/t9-,15+/m1/s1. The quantitative estimate of drug-likeness (QED) is 0.336. The van der Waals surface area contributed by atoms with Crippen LogP contribution in [0.1, 0.15) is 11.6 Å². The molecule has 0 aliphatic carbocycles. The molecule has 0 saturated carbocycles. The maximum Gasteiger partial charge on any atom is 0.316 e. The highest BCUT2D eigenvalue weighted by Gasteiger charge is 2.45. The van der Waals surface area contributed by atoms with Crippen LogP contribution in [0.2, 0.25) is 0 Å². The third kappa shape index (κ3) is 3.37. The molecule has 1 fully saturated rings. The number of hydroxylamine groups is 2. The highest BCUT2D eigenvalue weighted by molar-refractivity contribution is 7.87. The van der Waals surface area contributed by atoms with Crippen molar-refractivity contribution < 1.29 is 39.4 Å². The van der Waals surface area contributed by atoms with E-state index < -0.39 is 62.9 Å². The van der Waals surface area contributed by atoms with E-state index in [-0.39, 0.29) is 0 Å². The maximum absolute atomic E-state index is 13.8. The second-order valence-electron chi connectivity index (χ2n) is 5.71. The van der Waals surface area contributed by atoms with Crippen LogP contribution in [0.4, 0.5) is 22.0 Å². The van der Waals surface area contributed by atoms with Crippen LogP contribution in [0.15, 0.2) is 30.3 Å². The van der Waals surface area contributed by atoms with Crippen molar-refractivity contribution in [2.24, 2.45) is 0 Å². The SMILES string of the molecule is CN1OC[C@@H](S(=O)(=O)Oc2c(F)c(F)c(F)c(F)c2F)[C@@H]1c1ccccc1. The highest BCUT2D eigenvalue weighted by atomic mass is 32.2. The first-order valence-electron chi connectivity index (χ1n) is 7.50. The van der Waals surface area contributed by atoms with Crippen LogP contribution in [-0.4, -0.2) is 32.4 Å². The molecule has 0 bridgehead atoms. The molecule has 1 aliphatic heterocycles. The van der Waals surface area contributed by atoms with E-state index in [1.165, 1.54) is 12.1 Å². The summed E-state index contributed by atoms with van der Waals surface area (Å²) in [5.74, 6) is -13.7. The molecule has 5 nitrogen and oxygen atoms in total. The Labute approximate surface area is 151 Å². The van der Waals surface area contributed by atoms with Crippen molar-refractivity contribution in [3.63, 3.8) is 0 Å². The molecule has 2 aromatic carbocycles. The molecule has 2 atom stereocenters. The van der Waals surface area contributed by atoms with E-state index in [2.05, 4.69) is 4.18 Å². The molecule has 1 heterocycles. The Balaban J connectivity index is 2.01. The van der Waals surface area contributed by atoms with Crippen molar-refractivity contribution in [2.75, 3.05) is 13.7 Å². The molecule has 0 amide bonds. The largest absolute Gasteiger partial charge is 0.376 e. The van der Waals surface area contributed by atoms with Crippen molar-refractivity contribution >= 4 is 10.1 Å². The number of rotatable bonds is 4. The van der Waals surface area contributed by atoms with Crippen LogP contribution in [0.5, 0.6) is 5.75 Å². The van der Waals surface area contributed by atoms with Gasteiger partial charge < -0.3 is 4.18 Å². The Morgan fingerprint density at radius 2 is 1.48 bits per heavy atom. The van der Waals surface area contributed by atoms with Crippen molar-refractivity contribution in [3.05, 3.63) is 65.0 Å². The van der Waals surface area contributed by atoms with Crippen LogP contribution in [0, 0.1) is 29.1 Å². The van der Waals surface area contributed by atoms with Crippen molar-refractivity contribution in [2.45, 2.75) is 11.3 Å². The van der Waals surface area contributed by atoms with Gasteiger partial charge in [-0.15, -0.1) is 0 Å². The highest BCUT2D eigenvalue weighted by Crippen LogP contribution is 2.36. The first-order valence-corrected chi connectivity index (χ1v) is 8.97. The lowest BCUT2D eigenvalue weighted by atomic mass is 10.0. The summed E-state index contributed by atoms with van der Waals surface area (Å²) in [4.78, 5) is 5.16. The summed E-state index contributed by atoms with van der Waals surface area (Å²) < 4.78 is 96.6. The molecule has 0 unspecified atom stereocenters. The van der Waals surface area contributed by atoms with E-state index in [1.54, 1.807) is 30.3 Å². The minimum absolute atomic E-state index is 0.437. The molecule has 11 heteroatoms. The first-order chi connectivity index (χ1) is 12.6. The minimum atomic E-state index is -4.84. The monoisotopic (exact) mass is 409 g/mol. The second kappa shape index (κ2) is 7.06. The lowest BCUT2D eigenvalue weighted by molar-refractivity contribution is -0.110. The van der Waals surface area contributed by atoms with Gasteiger partial charge in [0.15, 0.2) is 0 Å². The second-order valence-corrected chi connectivity index (χ2v) is 7.47. The number of hydrogen-bond donors (Lipinski definition) is 0. The van der Waals surface area contributed by atoms with E-state index >= 15 is 0 Å². The molecule has 0 radical (unpaired) electrons. The molecule has 1 saturated heterocycles. The topological polar surface area (TPSA) is 55.8 Å². The van der Waals surface area contributed by atoms with Crippen LogP contribution in [0.3, 0.4) is 0 Å². The van der Waals surface area contributed by atoms with Crippen LogP contribution in [0.25, 0.3) is 0 Å². The lowest BCUT2D eigenvalue weighted by Gasteiger charge is -2.22. The molecular formula is C16H12F5NO4S. The van der Waals surface area contributed by atoms with Crippen molar-refractivity contribution in [1.29, 1.82) is 0 Å². The number of hydrogen-bond acceptors (Lipinski definition) is 5. The van der Waals surface area contributed by atoms with Gasteiger partial charge in [-0.1, -0.05) is 30.3 Å². The van der Waals surface area contributed by atoms with Crippen LogP contribution < -0.4 is 4.18 Å². The Kier molecular flexibility index (Phi) is 5.10. The number of benzene rings is 2. The summed E-state index contributed by atoms with van der Waals surface area (Å²) in [6.07, 6.45) is 0. The zero-order valence-corrected chi connectivity index (χ0v) is 14.4. The van der Waals surface area contributed by atoms with Gasteiger partial charge in [-0.2, -0.15) is 22.3 Å². The van der Waals surface area contributed by atoms with E-state index in [0.29, 0.717) is 5.56 Å². The van der Waals surface area contributed by atoms with Gasteiger partial charge in [-0.25, -0.2) is 13.2 Å². The Morgan fingerprint density at radius 3 is 2.04 bits per heavy atom. The molecule has 0 spiro atoms. The smallest absolute Gasteiger partial charge is 0.316 e. The fraction of sp³-hybridized carbons (Fsp3) is 0.250. The Hall–Kier alpha value is -2.24. The minimum Gasteiger partial charge on any atom is -0.376 e. The summed E-state index contributed by atoms with van der Waals surface area (Å²) >= 11 is 0. The van der Waals surface area contributed by atoms with E-state index in [1.807, 2.05) is 0 Å². The number of halogens is 5. The molecular weight excluding hydrogens is 397 g/mol. The molecule has 1 aliphatic rings. The predicted molar refractivity (Wildman–Crippen MR) is 82.5 cm³/mol. The molecule has 0 aromatic heterocycles. The zero-order chi connectivity index (χ0) is 19.9. The molecule has 27 heavy (non-hydrogen) atoms. The van der Waals surface area contributed by atoms with Crippen LogP contribution in [-0.2, 0) is 15.0 Å². The normalized spacial score (nSPS) is 20.8. The summed E-state index contributed by atoms with van der Waals surface area (Å²) in [7, 11) is -3.40. The fourth-order valence-electron chi connectivity index (χ4n) is 2.75. The Morgan fingerprint density at radius 1 is 0.963 bits per heavy atom. The van der Waals surface area contributed by atoms with Gasteiger partial charge in [0.1, 0.15) is 5.25 Å². The van der Waals surface area contributed by atoms with Gasteiger partial charge in [0, 0.05) is 7.05 Å². The van der Waals surface area contributed by atoms with Gasteiger partial charge >= 0.3 is 10.1 Å². The molecule has 3 rings (SSSR count). The van der Waals surface area contributed by atoms with E-state index in [0.717, 1.165) is 0 Å². The first kappa shape index (κ1) is 19.5. The van der Waals surface area contributed by atoms with Crippen LogP contribution >= 0.6 is 0 Å². The summed E-state index contributed by atoms with van der Waals surface area (Å²) in [5.41, 5.74) is 0.493. The third-order valence-electron chi connectivity index (χ3n) is 4.07. The number of nitrogens with zero attached hydrogens (tertiary/aromatic N) is 1. The maximum atomic E-state index is 13.8. The van der Waals surface area contributed by atoms with Gasteiger partial charge in [-0.3, -0.25) is 4.84 Å². The van der Waals surface area contributed by atoms with Gasteiger partial charge in [-0.05, 0) is 5.56 Å². The van der Waals surface area contributed by atoms with Gasteiger partial charge in [0.25, 0.3) is 0 Å².